The van der Waals surface area contributed by atoms with Crippen LogP contribution in [0, 0.1) is 24.1 Å². The lowest BCUT2D eigenvalue weighted by molar-refractivity contribution is -0.118. The molecule has 0 atom stereocenters. The highest BCUT2D eigenvalue weighted by Crippen LogP contribution is 2.37. The second kappa shape index (κ2) is 12.5. The number of benzene rings is 3. The standard InChI is InChI=1S/C27H23BrFN3O4/c1-3-35-24-14-18(12-19(15-30)27(34)31-20-10-8-17(2)9-11-20)13-21(28)26(24)36-16-25(33)32-23-7-5-4-6-22(23)29/h4-14H,3,16H2,1-2H3,(H,31,34)(H,32,33)/b19-12-. The van der Waals surface area contributed by atoms with Crippen molar-refractivity contribution in [3.8, 4) is 17.6 Å². The molecule has 184 valence electrons. The molecule has 0 saturated heterocycles. The van der Waals surface area contributed by atoms with Gasteiger partial charge in [-0.15, -0.1) is 0 Å². The summed E-state index contributed by atoms with van der Waals surface area (Å²) in [7, 11) is 0. The summed E-state index contributed by atoms with van der Waals surface area (Å²) in [5, 5.41) is 14.7. The summed E-state index contributed by atoms with van der Waals surface area (Å²) in [5.41, 5.74) is 2.06. The third-order valence-electron chi connectivity index (χ3n) is 4.81. The Balaban J connectivity index is 1.77. The zero-order chi connectivity index (χ0) is 26.1. The van der Waals surface area contributed by atoms with Crippen molar-refractivity contribution in [2.24, 2.45) is 0 Å². The Bertz CT molecular complexity index is 1330. The Labute approximate surface area is 216 Å². The van der Waals surface area contributed by atoms with E-state index in [1.807, 2.05) is 25.1 Å². The van der Waals surface area contributed by atoms with Gasteiger partial charge in [-0.25, -0.2) is 4.39 Å². The molecule has 0 bridgehead atoms. The maximum Gasteiger partial charge on any atom is 0.266 e. The van der Waals surface area contributed by atoms with Gasteiger partial charge in [0.2, 0.25) is 0 Å². The molecule has 0 saturated carbocycles. The predicted octanol–water partition coefficient (Wildman–Crippen LogP) is 5.86. The van der Waals surface area contributed by atoms with Gasteiger partial charge in [0.25, 0.3) is 11.8 Å². The van der Waals surface area contributed by atoms with Gasteiger partial charge in [-0.1, -0.05) is 29.8 Å². The summed E-state index contributed by atoms with van der Waals surface area (Å²) >= 11 is 3.40. The molecular weight excluding hydrogens is 529 g/mol. The van der Waals surface area contributed by atoms with E-state index in [2.05, 4.69) is 26.6 Å². The minimum absolute atomic E-state index is 0.0450. The Kier molecular flexibility index (Phi) is 9.19. The van der Waals surface area contributed by atoms with E-state index in [1.165, 1.54) is 24.3 Å². The molecule has 0 aliphatic rings. The van der Waals surface area contributed by atoms with E-state index in [4.69, 9.17) is 9.47 Å². The Morgan fingerprint density at radius 2 is 1.81 bits per heavy atom. The number of rotatable bonds is 9. The average Bonchev–Trinajstić information content (AvgIpc) is 2.85. The maximum atomic E-state index is 13.8. The first-order valence-electron chi connectivity index (χ1n) is 10.9. The Hall–Kier alpha value is -4.16. The van der Waals surface area contributed by atoms with Crippen LogP contribution in [0.25, 0.3) is 6.08 Å². The Morgan fingerprint density at radius 1 is 1.08 bits per heavy atom. The van der Waals surface area contributed by atoms with Crippen molar-refractivity contribution >= 4 is 45.2 Å². The number of nitrogens with one attached hydrogen (secondary N) is 2. The summed E-state index contributed by atoms with van der Waals surface area (Å²) in [6, 6.07) is 18.1. The molecule has 2 amide bonds. The van der Waals surface area contributed by atoms with E-state index in [-0.39, 0.29) is 17.0 Å². The third kappa shape index (κ3) is 7.17. The number of para-hydroxylation sites is 1. The lowest BCUT2D eigenvalue weighted by Crippen LogP contribution is -2.21. The van der Waals surface area contributed by atoms with Crippen LogP contribution in [0.2, 0.25) is 0 Å². The fourth-order valence-corrected chi connectivity index (χ4v) is 3.69. The van der Waals surface area contributed by atoms with Gasteiger partial charge >= 0.3 is 0 Å². The number of aryl methyl sites for hydroxylation is 1. The number of hydrogen-bond acceptors (Lipinski definition) is 5. The number of carbonyl (C=O) groups is 2. The molecule has 0 spiro atoms. The number of hydrogen-bond donors (Lipinski definition) is 2. The van der Waals surface area contributed by atoms with E-state index in [9.17, 15) is 19.2 Å². The zero-order valence-corrected chi connectivity index (χ0v) is 21.2. The second-order valence-corrected chi connectivity index (χ2v) is 8.42. The SMILES string of the molecule is CCOc1cc(/C=C(/C#N)C(=O)Nc2ccc(C)cc2)cc(Br)c1OCC(=O)Nc1ccccc1F. The maximum absolute atomic E-state index is 13.8. The van der Waals surface area contributed by atoms with Crippen molar-refractivity contribution < 1.29 is 23.5 Å². The molecule has 0 fully saturated rings. The molecule has 0 aliphatic carbocycles. The summed E-state index contributed by atoms with van der Waals surface area (Å²) in [4.78, 5) is 24.9. The smallest absolute Gasteiger partial charge is 0.266 e. The molecule has 3 aromatic rings. The molecule has 3 aromatic carbocycles. The van der Waals surface area contributed by atoms with Gasteiger partial charge in [-0.05, 0) is 77.8 Å². The van der Waals surface area contributed by atoms with Crippen molar-refractivity contribution in [3.63, 3.8) is 0 Å². The highest BCUT2D eigenvalue weighted by molar-refractivity contribution is 9.10. The monoisotopic (exact) mass is 551 g/mol. The topological polar surface area (TPSA) is 100 Å². The number of amides is 2. The van der Waals surface area contributed by atoms with E-state index in [1.54, 1.807) is 37.3 Å². The van der Waals surface area contributed by atoms with Crippen molar-refractivity contribution in [2.45, 2.75) is 13.8 Å². The predicted molar refractivity (Wildman–Crippen MR) is 139 cm³/mol. The number of halogens is 2. The molecule has 2 N–H and O–H groups in total. The fourth-order valence-electron chi connectivity index (χ4n) is 3.11. The largest absolute Gasteiger partial charge is 0.490 e. The number of nitrogens with zero attached hydrogens (tertiary/aromatic N) is 1. The van der Waals surface area contributed by atoms with Gasteiger partial charge in [0.15, 0.2) is 18.1 Å². The molecule has 7 nitrogen and oxygen atoms in total. The first-order chi connectivity index (χ1) is 17.3. The van der Waals surface area contributed by atoms with Gasteiger partial charge in [0, 0.05) is 5.69 Å². The summed E-state index contributed by atoms with van der Waals surface area (Å²) in [5.74, 6) is -1.12. The molecule has 0 radical (unpaired) electrons. The molecule has 0 heterocycles. The number of ether oxygens (including phenoxy) is 2. The van der Waals surface area contributed by atoms with Crippen LogP contribution >= 0.6 is 15.9 Å². The van der Waals surface area contributed by atoms with Crippen LogP contribution in [0.15, 0.2) is 70.7 Å². The second-order valence-electron chi connectivity index (χ2n) is 7.57. The van der Waals surface area contributed by atoms with E-state index in [0.29, 0.717) is 28.1 Å². The van der Waals surface area contributed by atoms with E-state index < -0.39 is 24.2 Å². The molecular formula is C27H23BrFN3O4. The van der Waals surface area contributed by atoms with Crippen molar-refractivity contribution in [1.82, 2.24) is 0 Å². The van der Waals surface area contributed by atoms with Crippen LogP contribution in [-0.2, 0) is 9.59 Å². The van der Waals surface area contributed by atoms with Crippen LogP contribution in [0.3, 0.4) is 0 Å². The number of carbonyl (C=O) groups excluding carboxylic acids is 2. The van der Waals surface area contributed by atoms with Gasteiger partial charge < -0.3 is 20.1 Å². The normalized spacial score (nSPS) is 10.8. The van der Waals surface area contributed by atoms with Gasteiger partial charge in [-0.3, -0.25) is 9.59 Å². The lowest BCUT2D eigenvalue weighted by atomic mass is 10.1. The fraction of sp³-hybridized carbons (Fsp3) is 0.148. The van der Waals surface area contributed by atoms with Crippen molar-refractivity contribution in [3.05, 3.63) is 87.7 Å². The van der Waals surface area contributed by atoms with Gasteiger partial charge in [-0.2, -0.15) is 5.26 Å². The zero-order valence-electron chi connectivity index (χ0n) is 19.6. The van der Waals surface area contributed by atoms with Crippen molar-refractivity contribution in [2.75, 3.05) is 23.8 Å². The third-order valence-corrected chi connectivity index (χ3v) is 5.40. The highest BCUT2D eigenvalue weighted by atomic mass is 79.9. The van der Waals surface area contributed by atoms with E-state index in [0.717, 1.165) is 5.56 Å². The van der Waals surface area contributed by atoms with Crippen molar-refractivity contribution in [1.29, 1.82) is 5.26 Å². The number of nitriles is 1. The molecule has 36 heavy (non-hydrogen) atoms. The summed E-state index contributed by atoms with van der Waals surface area (Å²) < 4.78 is 25.5. The quantitative estimate of drug-likeness (QED) is 0.256. The minimum Gasteiger partial charge on any atom is -0.490 e. The van der Waals surface area contributed by atoms with E-state index >= 15 is 0 Å². The van der Waals surface area contributed by atoms with Crippen LogP contribution < -0.4 is 20.1 Å². The first kappa shape index (κ1) is 26.4. The van der Waals surface area contributed by atoms with Gasteiger partial charge in [0.1, 0.15) is 17.5 Å². The highest BCUT2D eigenvalue weighted by Gasteiger charge is 2.16. The van der Waals surface area contributed by atoms with Crippen LogP contribution in [0.5, 0.6) is 11.5 Å². The van der Waals surface area contributed by atoms with Crippen LogP contribution in [0.4, 0.5) is 15.8 Å². The molecule has 0 aromatic heterocycles. The number of anilines is 2. The lowest BCUT2D eigenvalue weighted by Gasteiger charge is -2.15. The van der Waals surface area contributed by atoms with Gasteiger partial charge in [0.05, 0.1) is 16.8 Å². The average molecular weight is 552 g/mol. The molecule has 3 rings (SSSR count). The van der Waals surface area contributed by atoms with Crippen LogP contribution in [0.1, 0.15) is 18.1 Å². The molecule has 0 unspecified atom stereocenters. The summed E-state index contributed by atoms with van der Waals surface area (Å²) in [6.07, 6.45) is 1.42. The summed E-state index contributed by atoms with van der Waals surface area (Å²) in [6.45, 7) is 3.62. The minimum atomic E-state index is -0.558. The molecule has 0 aliphatic heterocycles. The first-order valence-corrected chi connectivity index (χ1v) is 11.7. The Morgan fingerprint density at radius 3 is 2.47 bits per heavy atom. The van der Waals surface area contributed by atoms with Crippen LogP contribution in [-0.4, -0.2) is 25.0 Å². The molecule has 9 heteroatoms.